The monoisotopic (exact) mass is 411 g/mol. The first-order valence-corrected chi connectivity index (χ1v) is 9.67. The van der Waals surface area contributed by atoms with Crippen molar-refractivity contribution in [2.24, 2.45) is 0 Å². The number of urea groups is 1. The van der Waals surface area contributed by atoms with Crippen LogP contribution in [0, 0.1) is 0 Å². The van der Waals surface area contributed by atoms with Crippen molar-refractivity contribution in [2.45, 2.75) is 56.8 Å². The average molecular weight is 411 g/mol. The molecular formula is C20H24F3N3O3. The van der Waals surface area contributed by atoms with Gasteiger partial charge in [-0.25, -0.2) is 4.79 Å². The number of hydrogen-bond acceptors (Lipinski definition) is 3. The van der Waals surface area contributed by atoms with Gasteiger partial charge in [0.05, 0.1) is 5.56 Å². The van der Waals surface area contributed by atoms with Crippen molar-refractivity contribution in [3.8, 4) is 0 Å². The van der Waals surface area contributed by atoms with Gasteiger partial charge >= 0.3 is 12.2 Å². The van der Waals surface area contributed by atoms with E-state index < -0.39 is 23.3 Å². The van der Waals surface area contributed by atoms with Crippen molar-refractivity contribution in [3.05, 3.63) is 35.4 Å². The molecule has 1 aliphatic carbocycles. The van der Waals surface area contributed by atoms with Crippen LogP contribution in [0.1, 0.15) is 49.7 Å². The minimum atomic E-state index is -4.49. The number of nitrogens with one attached hydrogen (secondary N) is 1. The molecule has 29 heavy (non-hydrogen) atoms. The Morgan fingerprint density at radius 2 is 1.86 bits per heavy atom. The van der Waals surface area contributed by atoms with Crippen molar-refractivity contribution in [1.29, 1.82) is 0 Å². The number of amides is 4. The summed E-state index contributed by atoms with van der Waals surface area (Å²) in [7, 11) is 1.44. The van der Waals surface area contributed by atoms with E-state index >= 15 is 0 Å². The lowest BCUT2D eigenvalue weighted by molar-refractivity contribution is -0.139. The zero-order chi connectivity index (χ0) is 21.2. The summed E-state index contributed by atoms with van der Waals surface area (Å²) < 4.78 is 39.3. The second-order valence-corrected chi connectivity index (χ2v) is 7.68. The lowest BCUT2D eigenvalue weighted by Crippen LogP contribution is -2.44. The fourth-order valence-electron chi connectivity index (χ4n) is 4.05. The van der Waals surface area contributed by atoms with Crippen molar-refractivity contribution in [3.63, 3.8) is 0 Å². The molecule has 0 radical (unpaired) electrons. The van der Waals surface area contributed by atoms with E-state index in [9.17, 15) is 27.6 Å². The van der Waals surface area contributed by atoms with Crippen LogP contribution in [0.15, 0.2) is 24.3 Å². The van der Waals surface area contributed by atoms with Gasteiger partial charge < -0.3 is 10.2 Å². The molecular weight excluding hydrogens is 387 g/mol. The molecule has 1 heterocycles. The number of carbonyl (C=O) groups is 3. The molecule has 9 heteroatoms. The quantitative estimate of drug-likeness (QED) is 0.731. The van der Waals surface area contributed by atoms with Gasteiger partial charge in [0, 0.05) is 26.6 Å². The summed E-state index contributed by atoms with van der Waals surface area (Å²) >= 11 is 0. The van der Waals surface area contributed by atoms with E-state index in [0.29, 0.717) is 12.8 Å². The van der Waals surface area contributed by atoms with Crippen LogP contribution in [-0.2, 0) is 22.3 Å². The van der Waals surface area contributed by atoms with E-state index in [1.54, 1.807) is 0 Å². The standard InChI is InChI=1S/C20H24F3N3O3/c1-25(13-14-7-2-3-8-15(14)20(21,22)23)16(27)9-6-12-26-17(28)19(24-18(26)29)10-4-5-11-19/h2-3,7-8H,4-6,9-13H2,1H3,(H,24,29). The van der Waals surface area contributed by atoms with Gasteiger partial charge in [0.1, 0.15) is 5.54 Å². The maximum Gasteiger partial charge on any atom is 0.416 e. The van der Waals surface area contributed by atoms with Gasteiger partial charge in [-0.2, -0.15) is 13.2 Å². The maximum atomic E-state index is 13.1. The third kappa shape index (κ3) is 4.38. The summed E-state index contributed by atoms with van der Waals surface area (Å²) in [4.78, 5) is 39.4. The molecule has 0 unspecified atom stereocenters. The van der Waals surface area contributed by atoms with Gasteiger partial charge in [0.25, 0.3) is 5.91 Å². The Morgan fingerprint density at radius 3 is 2.52 bits per heavy atom. The molecule has 0 aromatic heterocycles. The lowest BCUT2D eigenvalue weighted by Gasteiger charge is -2.21. The Morgan fingerprint density at radius 1 is 1.21 bits per heavy atom. The molecule has 3 rings (SSSR count). The second-order valence-electron chi connectivity index (χ2n) is 7.68. The van der Waals surface area contributed by atoms with Crippen LogP contribution < -0.4 is 5.32 Å². The third-order valence-corrected chi connectivity index (χ3v) is 5.63. The van der Waals surface area contributed by atoms with Gasteiger partial charge in [-0.1, -0.05) is 31.0 Å². The Balaban J connectivity index is 1.53. The summed E-state index contributed by atoms with van der Waals surface area (Å²) in [6.07, 6.45) is -1.14. The van der Waals surface area contributed by atoms with E-state index in [2.05, 4.69) is 5.32 Å². The maximum absolute atomic E-state index is 13.1. The summed E-state index contributed by atoms with van der Waals surface area (Å²) in [5, 5.41) is 2.78. The number of nitrogens with zero attached hydrogens (tertiary/aromatic N) is 2. The number of alkyl halides is 3. The highest BCUT2D eigenvalue weighted by Gasteiger charge is 2.52. The van der Waals surface area contributed by atoms with Crippen LogP contribution in [0.5, 0.6) is 0 Å². The van der Waals surface area contributed by atoms with E-state index in [-0.39, 0.29) is 43.3 Å². The van der Waals surface area contributed by atoms with Gasteiger partial charge in [0.2, 0.25) is 5.91 Å². The van der Waals surface area contributed by atoms with E-state index in [1.807, 2.05) is 0 Å². The minimum absolute atomic E-state index is 0.0214. The van der Waals surface area contributed by atoms with Crippen LogP contribution in [-0.4, -0.2) is 46.8 Å². The molecule has 1 aliphatic heterocycles. The first kappa shape index (κ1) is 21.1. The van der Waals surface area contributed by atoms with Gasteiger partial charge in [-0.3, -0.25) is 14.5 Å². The smallest absolute Gasteiger partial charge is 0.341 e. The minimum Gasteiger partial charge on any atom is -0.341 e. The van der Waals surface area contributed by atoms with E-state index in [4.69, 9.17) is 0 Å². The molecule has 1 saturated heterocycles. The molecule has 158 valence electrons. The predicted molar refractivity (Wildman–Crippen MR) is 98.6 cm³/mol. The molecule has 2 aliphatic rings. The highest BCUT2D eigenvalue weighted by Crippen LogP contribution is 2.35. The summed E-state index contributed by atoms with van der Waals surface area (Å²) in [5.41, 5.74) is -1.52. The van der Waals surface area contributed by atoms with Crippen LogP contribution in [0.4, 0.5) is 18.0 Å². The number of carbonyl (C=O) groups excluding carboxylic acids is 3. The summed E-state index contributed by atoms with van der Waals surface area (Å²) in [5.74, 6) is -0.579. The molecule has 1 N–H and O–H groups in total. The molecule has 1 aromatic rings. The van der Waals surface area contributed by atoms with Crippen LogP contribution in [0.2, 0.25) is 0 Å². The van der Waals surface area contributed by atoms with Crippen molar-refractivity contribution < 1.29 is 27.6 Å². The highest BCUT2D eigenvalue weighted by molar-refractivity contribution is 6.07. The van der Waals surface area contributed by atoms with Crippen molar-refractivity contribution >= 4 is 17.8 Å². The van der Waals surface area contributed by atoms with Crippen LogP contribution in [0.3, 0.4) is 0 Å². The van der Waals surface area contributed by atoms with Crippen molar-refractivity contribution in [1.82, 2.24) is 15.1 Å². The first-order valence-electron chi connectivity index (χ1n) is 9.67. The number of rotatable bonds is 6. The topological polar surface area (TPSA) is 69.7 Å². The normalized spacial score (nSPS) is 18.4. The molecule has 0 atom stereocenters. The van der Waals surface area contributed by atoms with Gasteiger partial charge in [-0.15, -0.1) is 0 Å². The second kappa shape index (κ2) is 8.04. The molecule has 4 amide bonds. The molecule has 0 bridgehead atoms. The summed E-state index contributed by atoms with van der Waals surface area (Å²) in [6, 6.07) is 4.71. The van der Waals surface area contributed by atoms with E-state index in [0.717, 1.165) is 23.8 Å². The number of halogens is 3. The predicted octanol–water partition coefficient (Wildman–Crippen LogP) is 3.31. The number of imide groups is 1. The largest absolute Gasteiger partial charge is 0.416 e. The zero-order valence-electron chi connectivity index (χ0n) is 16.2. The first-order chi connectivity index (χ1) is 13.6. The number of hydrogen-bond donors (Lipinski definition) is 1. The molecule has 6 nitrogen and oxygen atoms in total. The average Bonchev–Trinajstić information content (AvgIpc) is 3.21. The number of benzene rings is 1. The Labute approximate surface area is 167 Å². The Hall–Kier alpha value is -2.58. The molecule has 2 fully saturated rings. The Kier molecular flexibility index (Phi) is 5.86. The molecule has 1 spiro atoms. The molecule has 1 aromatic carbocycles. The van der Waals surface area contributed by atoms with Crippen LogP contribution >= 0.6 is 0 Å². The Bertz CT molecular complexity index is 804. The fourth-order valence-corrected chi connectivity index (χ4v) is 4.05. The SMILES string of the molecule is CN(Cc1ccccc1C(F)(F)F)C(=O)CCCN1C(=O)NC2(CCCC2)C1=O. The molecule has 1 saturated carbocycles. The van der Waals surface area contributed by atoms with Gasteiger partial charge in [-0.05, 0) is 30.9 Å². The van der Waals surface area contributed by atoms with Gasteiger partial charge in [0.15, 0.2) is 0 Å². The lowest BCUT2D eigenvalue weighted by atomic mass is 9.98. The fraction of sp³-hybridized carbons (Fsp3) is 0.550. The third-order valence-electron chi connectivity index (χ3n) is 5.63. The zero-order valence-corrected chi connectivity index (χ0v) is 16.2. The highest BCUT2D eigenvalue weighted by atomic mass is 19.4. The summed E-state index contributed by atoms with van der Waals surface area (Å²) in [6.45, 7) is -0.0497. The van der Waals surface area contributed by atoms with E-state index in [1.165, 1.54) is 30.1 Å². The van der Waals surface area contributed by atoms with Crippen molar-refractivity contribution in [2.75, 3.05) is 13.6 Å². The van der Waals surface area contributed by atoms with Crippen LogP contribution in [0.25, 0.3) is 0 Å².